The van der Waals surface area contributed by atoms with Crippen molar-refractivity contribution in [1.82, 2.24) is 10.3 Å². The van der Waals surface area contributed by atoms with Crippen LogP contribution in [-0.2, 0) is 6.54 Å². The molecule has 0 aliphatic heterocycles. The maximum atomic E-state index is 6.12. The molecule has 2 N–H and O–H groups in total. The second-order valence-corrected chi connectivity index (χ2v) is 4.08. The van der Waals surface area contributed by atoms with Gasteiger partial charge in [-0.3, -0.25) is 0 Å². The SMILES string of the molecule is CCNCc1c(C)[nH]c2c(Cl)cccc12. The molecule has 0 radical (unpaired) electrons. The minimum Gasteiger partial charge on any atom is -0.357 e. The quantitative estimate of drug-likeness (QED) is 0.820. The first kappa shape index (κ1) is 10.5. The van der Waals surface area contributed by atoms with E-state index in [1.54, 1.807) is 0 Å². The third-order valence-corrected chi connectivity index (χ3v) is 2.97. The van der Waals surface area contributed by atoms with E-state index in [-0.39, 0.29) is 0 Å². The van der Waals surface area contributed by atoms with Crippen molar-refractivity contribution >= 4 is 22.5 Å². The van der Waals surface area contributed by atoms with Crippen molar-refractivity contribution in [2.24, 2.45) is 0 Å². The smallest absolute Gasteiger partial charge is 0.0648 e. The van der Waals surface area contributed by atoms with E-state index in [0.717, 1.165) is 23.6 Å². The summed E-state index contributed by atoms with van der Waals surface area (Å²) in [4.78, 5) is 3.33. The minimum absolute atomic E-state index is 0.790. The number of hydrogen-bond donors (Lipinski definition) is 2. The van der Waals surface area contributed by atoms with Crippen molar-refractivity contribution in [3.8, 4) is 0 Å². The molecule has 1 heterocycles. The first-order valence-corrected chi connectivity index (χ1v) is 5.58. The van der Waals surface area contributed by atoms with E-state index >= 15 is 0 Å². The molecule has 2 nitrogen and oxygen atoms in total. The van der Waals surface area contributed by atoms with Gasteiger partial charge in [0.15, 0.2) is 0 Å². The first-order valence-electron chi connectivity index (χ1n) is 5.20. The molecule has 0 bridgehead atoms. The van der Waals surface area contributed by atoms with E-state index in [0.29, 0.717) is 0 Å². The maximum Gasteiger partial charge on any atom is 0.0648 e. The summed E-state index contributed by atoms with van der Waals surface area (Å²) in [5, 5.41) is 5.35. The van der Waals surface area contributed by atoms with Gasteiger partial charge in [0.25, 0.3) is 0 Å². The highest BCUT2D eigenvalue weighted by Crippen LogP contribution is 2.27. The number of rotatable bonds is 3. The molecule has 2 rings (SSSR count). The van der Waals surface area contributed by atoms with Gasteiger partial charge in [-0.15, -0.1) is 0 Å². The van der Waals surface area contributed by atoms with Gasteiger partial charge in [0.05, 0.1) is 10.5 Å². The highest BCUT2D eigenvalue weighted by Gasteiger charge is 2.09. The number of aryl methyl sites for hydroxylation is 1. The van der Waals surface area contributed by atoms with Crippen LogP contribution in [0.1, 0.15) is 18.2 Å². The van der Waals surface area contributed by atoms with E-state index in [4.69, 9.17) is 11.6 Å². The predicted molar refractivity (Wildman–Crippen MR) is 65.4 cm³/mol. The standard InChI is InChI=1S/C12H15ClN2/c1-3-14-7-10-8(2)15-12-9(10)5-4-6-11(12)13/h4-6,14-15H,3,7H2,1-2H3. The van der Waals surface area contributed by atoms with Crippen LogP contribution in [0.15, 0.2) is 18.2 Å². The Kier molecular flexibility index (Phi) is 2.98. The molecular formula is C12H15ClN2. The average molecular weight is 223 g/mol. The molecule has 0 fully saturated rings. The zero-order chi connectivity index (χ0) is 10.8. The minimum atomic E-state index is 0.790. The lowest BCUT2D eigenvalue weighted by Gasteiger charge is -2.01. The van der Waals surface area contributed by atoms with Gasteiger partial charge in [-0.1, -0.05) is 30.7 Å². The summed E-state index contributed by atoms with van der Waals surface area (Å²) in [5.74, 6) is 0. The Bertz CT molecular complexity index is 474. The molecule has 3 heteroatoms. The Morgan fingerprint density at radius 1 is 1.40 bits per heavy atom. The molecule has 0 atom stereocenters. The molecule has 0 amide bonds. The Morgan fingerprint density at radius 2 is 2.20 bits per heavy atom. The predicted octanol–water partition coefficient (Wildman–Crippen LogP) is 3.24. The van der Waals surface area contributed by atoms with Crippen LogP contribution in [0.2, 0.25) is 5.02 Å². The number of H-pyrrole nitrogens is 1. The van der Waals surface area contributed by atoms with Crippen LogP contribution in [0.3, 0.4) is 0 Å². The average Bonchev–Trinajstić information content (AvgIpc) is 2.54. The Morgan fingerprint density at radius 3 is 2.93 bits per heavy atom. The summed E-state index contributed by atoms with van der Waals surface area (Å²) in [6, 6.07) is 6.02. The summed E-state index contributed by atoms with van der Waals surface area (Å²) >= 11 is 6.12. The summed E-state index contributed by atoms with van der Waals surface area (Å²) in [7, 11) is 0. The highest BCUT2D eigenvalue weighted by atomic mass is 35.5. The van der Waals surface area contributed by atoms with Crippen LogP contribution in [0.5, 0.6) is 0 Å². The number of fused-ring (bicyclic) bond motifs is 1. The van der Waals surface area contributed by atoms with Crippen molar-refractivity contribution in [2.75, 3.05) is 6.54 Å². The highest BCUT2D eigenvalue weighted by molar-refractivity contribution is 6.35. The van der Waals surface area contributed by atoms with Crippen molar-refractivity contribution in [3.63, 3.8) is 0 Å². The molecular weight excluding hydrogens is 208 g/mol. The molecule has 0 saturated heterocycles. The van der Waals surface area contributed by atoms with Crippen LogP contribution in [-0.4, -0.2) is 11.5 Å². The van der Waals surface area contributed by atoms with Gasteiger partial charge in [-0.2, -0.15) is 0 Å². The monoisotopic (exact) mass is 222 g/mol. The molecule has 1 aromatic heterocycles. The van der Waals surface area contributed by atoms with Crippen LogP contribution in [0.25, 0.3) is 10.9 Å². The van der Waals surface area contributed by atoms with Crippen LogP contribution in [0, 0.1) is 6.92 Å². The Balaban J connectivity index is 2.53. The van der Waals surface area contributed by atoms with Gasteiger partial charge >= 0.3 is 0 Å². The van der Waals surface area contributed by atoms with Crippen LogP contribution >= 0.6 is 11.6 Å². The van der Waals surface area contributed by atoms with E-state index in [1.165, 1.54) is 16.6 Å². The molecule has 1 aromatic carbocycles. The molecule has 0 aliphatic rings. The van der Waals surface area contributed by atoms with Crippen molar-refractivity contribution < 1.29 is 0 Å². The lowest BCUT2D eigenvalue weighted by Crippen LogP contribution is -2.12. The first-order chi connectivity index (χ1) is 7.24. The number of hydrogen-bond acceptors (Lipinski definition) is 1. The Hall–Kier alpha value is -0.990. The maximum absolute atomic E-state index is 6.12. The lowest BCUT2D eigenvalue weighted by atomic mass is 10.1. The van der Waals surface area contributed by atoms with E-state index < -0.39 is 0 Å². The van der Waals surface area contributed by atoms with Crippen molar-refractivity contribution in [3.05, 3.63) is 34.5 Å². The van der Waals surface area contributed by atoms with E-state index in [9.17, 15) is 0 Å². The molecule has 0 saturated carbocycles. The normalized spacial score (nSPS) is 11.1. The van der Waals surface area contributed by atoms with Crippen LogP contribution < -0.4 is 5.32 Å². The van der Waals surface area contributed by atoms with E-state index in [2.05, 4.69) is 30.2 Å². The topological polar surface area (TPSA) is 27.8 Å². The molecule has 2 aromatic rings. The molecule has 0 aliphatic carbocycles. The van der Waals surface area contributed by atoms with Gasteiger partial charge in [0.1, 0.15) is 0 Å². The van der Waals surface area contributed by atoms with Gasteiger partial charge in [-0.25, -0.2) is 0 Å². The molecule has 80 valence electrons. The number of nitrogens with one attached hydrogen (secondary N) is 2. The third-order valence-electron chi connectivity index (χ3n) is 2.66. The molecule has 0 spiro atoms. The van der Waals surface area contributed by atoms with Crippen molar-refractivity contribution in [2.45, 2.75) is 20.4 Å². The summed E-state index contributed by atoms with van der Waals surface area (Å²) < 4.78 is 0. The largest absolute Gasteiger partial charge is 0.357 e. The van der Waals surface area contributed by atoms with Gasteiger partial charge in [0.2, 0.25) is 0 Å². The summed E-state index contributed by atoms with van der Waals surface area (Å²) in [6.07, 6.45) is 0. The summed E-state index contributed by atoms with van der Waals surface area (Å²) in [5.41, 5.74) is 3.55. The number of aromatic nitrogens is 1. The zero-order valence-corrected chi connectivity index (χ0v) is 9.78. The third kappa shape index (κ3) is 1.87. The second kappa shape index (κ2) is 4.25. The number of halogens is 1. The fraction of sp³-hybridized carbons (Fsp3) is 0.333. The van der Waals surface area contributed by atoms with Crippen LogP contribution in [0.4, 0.5) is 0 Å². The number of para-hydroxylation sites is 1. The fourth-order valence-electron chi connectivity index (χ4n) is 1.85. The van der Waals surface area contributed by atoms with Gasteiger partial charge < -0.3 is 10.3 Å². The summed E-state index contributed by atoms with van der Waals surface area (Å²) in [6.45, 7) is 6.06. The number of benzene rings is 1. The fourth-order valence-corrected chi connectivity index (χ4v) is 2.07. The second-order valence-electron chi connectivity index (χ2n) is 3.67. The number of aromatic amines is 1. The molecule has 15 heavy (non-hydrogen) atoms. The van der Waals surface area contributed by atoms with Gasteiger partial charge in [-0.05, 0) is 25.1 Å². The lowest BCUT2D eigenvalue weighted by molar-refractivity contribution is 0.727. The van der Waals surface area contributed by atoms with Gasteiger partial charge in [0, 0.05) is 17.6 Å². The Labute approximate surface area is 94.6 Å². The van der Waals surface area contributed by atoms with Crippen molar-refractivity contribution in [1.29, 1.82) is 0 Å². The molecule has 0 unspecified atom stereocenters. The zero-order valence-electron chi connectivity index (χ0n) is 9.02. The van der Waals surface area contributed by atoms with E-state index in [1.807, 2.05) is 12.1 Å².